The topological polar surface area (TPSA) is 76.1 Å². The second kappa shape index (κ2) is 4.06. The summed E-state index contributed by atoms with van der Waals surface area (Å²) in [5.41, 5.74) is 0. The number of epoxide rings is 1. The Labute approximate surface area is 69.3 Å². The van der Waals surface area contributed by atoms with Gasteiger partial charge in [-0.2, -0.15) is 0 Å². The fourth-order valence-electron chi connectivity index (χ4n) is 0.631. The standard InChI is InChI=1S/C7H10O5/c8-6(9)1-2-7(10)12-4-5-3-11-5/h5H,1-4H2,(H,8,9). The van der Waals surface area contributed by atoms with Gasteiger partial charge >= 0.3 is 11.9 Å². The lowest BCUT2D eigenvalue weighted by Gasteiger charge is -1.99. The van der Waals surface area contributed by atoms with Crippen molar-refractivity contribution in [2.24, 2.45) is 0 Å². The van der Waals surface area contributed by atoms with Gasteiger partial charge in [-0.25, -0.2) is 0 Å². The quantitative estimate of drug-likeness (QED) is 0.461. The van der Waals surface area contributed by atoms with Gasteiger partial charge in [-0.1, -0.05) is 0 Å². The van der Waals surface area contributed by atoms with Crippen molar-refractivity contribution in [1.29, 1.82) is 0 Å². The summed E-state index contributed by atoms with van der Waals surface area (Å²) in [5, 5.41) is 8.22. The summed E-state index contributed by atoms with van der Waals surface area (Å²) in [6.45, 7) is 0.880. The predicted octanol–water partition coefficient (Wildman–Crippen LogP) is -0.207. The van der Waals surface area contributed by atoms with Crippen molar-refractivity contribution in [3.8, 4) is 0 Å². The molecule has 0 aromatic carbocycles. The Balaban J connectivity index is 1.98. The molecule has 5 nitrogen and oxygen atoms in total. The Morgan fingerprint density at radius 3 is 2.67 bits per heavy atom. The van der Waals surface area contributed by atoms with Crippen molar-refractivity contribution < 1.29 is 24.2 Å². The predicted molar refractivity (Wildman–Crippen MR) is 37.6 cm³/mol. The normalized spacial score (nSPS) is 20.2. The van der Waals surface area contributed by atoms with Crippen LogP contribution in [-0.4, -0.2) is 36.4 Å². The number of esters is 1. The molecule has 0 aromatic rings. The van der Waals surface area contributed by atoms with Gasteiger partial charge in [0, 0.05) is 0 Å². The molecule has 1 aliphatic heterocycles. The van der Waals surface area contributed by atoms with E-state index in [-0.39, 0.29) is 25.6 Å². The number of hydrogen-bond acceptors (Lipinski definition) is 4. The maximum Gasteiger partial charge on any atom is 0.306 e. The molecule has 1 aliphatic rings. The van der Waals surface area contributed by atoms with Gasteiger partial charge in [0.05, 0.1) is 19.4 Å². The van der Waals surface area contributed by atoms with Crippen LogP contribution in [0.2, 0.25) is 0 Å². The number of aliphatic carboxylic acids is 1. The van der Waals surface area contributed by atoms with E-state index in [9.17, 15) is 9.59 Å². The van der Waals surface area contributed by atoms with Crippen LogP contribution >= 0.6 is 0 Å². The molecule has 1 saturated heterocycles. The fourth-order valence-corrected chi connectivity index (χ4v) is 0.631. The van der Waals surface area contributed by atoms with Gasteiger partial charge < -0.3 is 14.6 Å². The van der Waals surface area contributed by atoms with Crippen molar-refractivity contribution in [3.05, 3.63) is 0 Å². The van der Waals surface area contributed by atoms with Crippen LogP contribution in [0.3, 0.4) is 0 Å². The SMILES string of the molecule is O=C(O)CCC(=O)OCC1CO1. The summed E-state index contributed by atoms with van der Waals surface area (Å²) in [7, 11) is 0. The summed E-state index contributed by atoms with van der Waals surface area (Å²) in [5.74, 6) is -1.47. The zero-order chi connectivity index (χ0) is 8.97. The third-order valence-corrected chi connectivity index (χ3v) is 1.38. The van der Waals surface area contributed by atoms with Crippen LogP contribution in [0.1, 0.15) is 12.8 Å². The van der Waals surface area contributed by atoms with Crippen molar-refractivity contribution in [2.45, 2.75) is 18.9 Å². The number of ether oxygens (including phenoxy) is 2. The second-order valence-electron chi connectivity index (χ2n) is 2.53. The van der Waals surface area contributed by atoms with Gasteiger partial charge in [0.15, 0.2) is 0 Å². The van der Waals surface area contributed by atoms with E-state index in [1.165, 1.54) is 0 Å². The van der Waals surface area contributed by atoms with E-state index in [0.717, 1.165) is 0 Å². The van der Waals surface area contributed by atoms with Crippen LogP contribution < -0.4 is 0 Å². The summed E-state index contributed by atoms with van der Waals surface area (Å²) in [6, 6.07) is 0. The minimum Gasteiger partial charge on any atom is -0.481 e. The Morgan fingerprint density at radius 2 is 2.17 bits per heavy atom. The highest BCUT2D eigenvalue weighted by atomic mass is 16.6. The van der Waals surface area contributed by atoms with Crippen molar-refractivity contribution in [3.63, 3.8) is 0 Å². The smallest absolute Gasteiger partial charge is 0.306 e. The highest BCUT2D eigenvalue weighted by Crippen LogP contribution is 2.09. The van der Waals surface area contributed by atoms with E-state index >= 15 is 0 Å². The molecule has 1 rings (SSSR count). The molecule has 68 valence electrons. The first-order valence-electron chi connectivity index (χ1n) is 3.67. The maximum atomic E-state index is 10.7. The largest absolute Gasteiger partial charge is 0.481 e. The highest BCUT2D eigenvalue weighted by Gasteiger charge is 2.24. The average Bonchev–Trinajstić information content (AvgIpc) is 2.80. The third-order valence-electron chi connectivity index (χ3n) is 1.38. The number of hydrogen-bond donors (Lipinski definition) is 1. The zero-order valence-electron chi connectivity index (χ0n) is 6.49. The van der Waals surface area contributed by atoms with Crippen molar-refractivity contribution >= 4 is 11.9 Å². The van der Waals surface area contributed by atoms with E-state index in [0.29, 0.717) is 6.61 Å². The number of rotatable bonds is 5. The minimum absolute atomic E-state index is 0.0405. The van der Waals surface area contributed by atoms with Gasteiger partial charge in [-0.3, -0.25) is 9.59 Å². The first kappa shape index (κ1) is 8.99. The van der Waals surface area contributed by atoms with Crippen LogP contribution in [0, 0.1) is 0 Å². The summed E-state index contributed by atoms with van der Waals surface area (Å²) < 4.78 is 9.48. The zero-order valence-corrected chi connectivity index (χ0v) is 6.49. The Bertz CT molecular complexity index is 184. The molecule has 0 saturated carbocycles. The summed E-state index contributed by atoms with van der Waals surface area (Å²) >= 11 is 0. The molecule has 0 amide bonds. The highest BCUT2D eigenvalue weighted by molar-refractivity contribution is 5.76. The van der Waals surface area contributed by atoms with Gasteiger partial charge in [0.2, 0.25) is 0 Å². The maximum absolute atomic E-state index is 10.7. The van der Waals surface area contributed by atoms with Crippen LogP contribution in [0.15, 0.2) is 0 Å². The molecule has 1 fully saturated rings. The molecule has 0 bridgehead atoms. The van der Waals surface area contributed by atoms with E-state index in [1.807, 2.05) is 0 Å². The third kappa shape index (κ3) is 3.92. The monoisotopic (exact) mass is 174 g/mol. The van der Waals surface area contributed by atoms with Crippen LogP contribution in [0.4, 0.5) is 0 Å². The Kier molecular flexibility index (Phi) is 3.04. The first-order valence-corrected chi connectivity index (χ1v) is 3.67. The summed E-state index contributed by atoms with van der Waals surface area (Å²) in [6.07, 6.45) is -0.203. The molecule has 0 aliphatic carbocycles. The van der Waals surface area contributed by atoms with Gasteiger partial charge in [-0.05, 0) is 0 Å². The first-order chi connectivity index (χ1) is 5.68. The molecule has 0 aromatic heterocycles. The van der Waals surface area contributed by atoms with E-state index in [4.69, 9.17) is 9.84 Å². The molecule has 1 heterocycles. The van der Waals surface area contributed by atoms with Gasteiger partial charge in [-0.15, -0.1) is 0 Å². The molecule has 12 heavy (non-hydrogen) atoms. The fraction of sp³-hybridized carbons (Fsp3) is 0.714. The Hall–Kier alpha value is -1.10. The molecule has 1 N–H and O–H groups in total. The number of carboxylic acid groups (broad SMARTS) is 1. The van der Waals surface area contributed by atoms with Crippen molar-refractivity contribution in [2.75, 3.05) is 13.2 Å². The minimum atomic E-state index is -0.991. The van der Waals surface area contributed by atoms with Crippen LogP contribution in [-0.2, 0) is 19.1 Å². The van der Waals surface area contributed by atoms with Crippen LogP contribution in [0.25, 0.3) is 0 Å². The molecular formula is C7H10O5. The lowest BCUT2D eigenvalue weighted by Crippen LogP contribution is -2.11. The van der Waals surface area contributed by atoms with Gasteiger partial charge in [0.25, 0.3) is 0 Å². The molecule has 0 radical (unpaired) electrons. The number of carbonyl (C=O) groups is 2. The number of carboxylic acids is 1. The summed E-state index contributed by atoms with van der Waals surface area (Å²) in [4.78, 5) is 20.8. The molecular weight excluding hydrogens is 164 g/mol. The van der Waals surface area contributed by atoms with Crippen molar-refractivity contribution in [1.82, 2.24) is 0 Å². The Morgan fingerprint density at radius 1 is 1.50 bits per heavy atom. The lowest BCUT2D eigenvalue weighted by molar-refractivity contribution is -0.148. The number of carbonyl (C=O) groups excluding carboxylic acids is 1. The van der Waals surface area contributed by atoms with E-state index < -0.39 is 11.9 Å². The molecule has 5 heteroatoms. The van der Waals surface area contributed by atoms with Gasteiger partial charge in [0.1, 0.15) is 12.7 Å². The molecule has 1 atom stereocenters. The van der Waals surface area contributed by atoms with E-state index in [1.54, 1.807) is 0 Å². The lowest BCUT2D eigenvalue weighted by atomic mass is 10.3. The molecule has 0 spiro atoms. The van der Waals surface area contributed by atoms with Crippen LogP contribution in [0.5, 0.6) is 0 Å². The van der Waals surface area contributed by atoms with E-state index in [2.05, 4.69) is 4.74 Å². The average molecular weight is 174 g/mol. The second-order valence-corrected chi connectivity index (χ2v) is 2.53. The molecule has 1 unspecified atom stereocenters.